The van der Waals surface area contributed by atoms with Crippen molar-refractivity contribution in [2.45, 2.75) is 19.8 Å². The molecule has 1 aromatic carbocycles. The first-order chi connectivity index (χ1) is 6.68. The molecule has 0 bridgehead atoms. The molecule has 0 fully saturated rings. The van der Waals surface area contributed by atoms with Gasteiger partial charge in [0.2, 0.25) is 0 Å². The lowest BCUT2D eigenvalue weighted by atomic mass is 10.1. The number of aryl methyl sites for hydroxylation is 1. The molecular formula is C12H12F2. The smallest absolute Gasteiger partial charge is 0.164 e. The molecule has 0 atom stereocenters. The molecule has 14 heavy (non-hydrogen) atoms. The molecule has 0 heterocycles. The maximum Gasteiger partial charge on any atom is 0.313 e. The summed E-state index contributed by atoms with van der Waals surface area (Å²) in [5.41, 5.74) is 3.76. The molecule has 74 valence electrons. The van der Waals surface area contributed by atoms with Gasteiger partial charge in [0, 0.05) is 0 Å². The molecule has 0 amide bonds. The lowest BCUT2D eigenvalue weighted by Crippen LogP contribution is -1.84. The Balaban J connectivity index is 2.54. The molecule has 0 spiro atoms. The zero-order valence-electron chi connectivity index (χ0n) is 8.06. The number of hydrogen-bond acceptors (Lipinski definition) is 0. The number of allylic oxidation sites excluding steroid dienone is 1. The van der Waals surface area contributed by atoms with Crippen LogP contribution in [0.3, 0.4) is 0 Å². The van der Waals surface area contributed by atoms with E-state index in [2.05, 4.69) is 0 Å². The molecular weight excluding hydrogens is 182 g/mol. The van der Waals surface area contributed by atoms with Crippen LogP contribution >= 0.6 is 0 Å². The molecule has 0 aliphatic heterocycles. The van der Waals surface area contributed by atoms with E-state index in [-0.39, 0.29) is 0 Å². The second-order valence-electron chi connectivity index (χ2n) is 3.15. The highest BCUT2D eigenvalue weighted by Crippen LogP contribution is 2.08. The van der Waals surface area contributed by atoms with Crippen molar-refractivity contribution in [1.82, 2.24) is 0 Å². The van der Waals surface area contributed by atoms with Crippen LogP contribution in [-0.2, 0) is 6.42 Å². The van der Waals surface area contributed by atoms with Crippen molar-refractivity contribution in [3.63, 3.8) is 0 Å². The Bertz CT molecular complexity index is 342. The van der Waals surface area contributed by atoms with Gasteiger partial charge in [0.25, 0.3) is 0 Å². The van der Waals surface area contributed by atoms with Crippen molar-refractivity contribution in [2.75, 3.05) is 0 Å². The number of benzene rings is 1. The van der Waals surface area contributed by atoms with E-state index in [1.165, 1.54) is 0 Å². The van der Waals surface area contributed by atoms with Gasteiger partial charge in [-0.2, -0.15) is 8.78 Å². The standard InChI is InChI=1S/C12H12F2/c1-10(9-12(13)14)7-8-11-5-3-2-4-6-11/h2-6H,7-8H2,1H3. The molecule has 0 unspecified atom stereocenters. The molecule has 0 saturated heterocycles. The second kappa shape index (κ2) is 5.36. The zero-order chi connectivity index (χ0) is 10.4. The predicted molar refractivity (Wildman–Crippen MR) is 53.2 cm³/mol. The van der Waals surface area contributed by atoms with Gasteiger partial charge in [-0.1, -0.05) is 36.1 Å². The maximum absolute atomic E-state index is 11.8. The monoisotopic (exact) mass is 194 g/mol. The van der Waals surface area contributed by atoms with E-state index in [0.29, 0.717) is 12.0 Å². The summed E-state index contributed by atoms with van der Waals surface area (Å²) in [7, 11) is 0. The van der Waals surface area contributed by atoms with Crippen molar-refractivity contribution in [1.29, 1.82) is 0 Å². The van der Waals surface area contributed by atoms with Crippen LogP contribution in [-0.4, -0.2) is 0 Å². The summed E-state index contributed by atoms with van der Waals surface area (Å²) in [6, 6.07) is 9.80. The fraction of sp³-hybridized carbons (Fsp3) is 0.250. The highest BCUT2D eigenvalue weighted by Gasteiger charge is 1.94. The molecule has 0 radical (unpaired) electrons. The summed E-state index contributed by atoms with van der Waals surface area (Å²) in [6.45, 7) is 1.67. The summed E-state index contributed by atoms with van der Waals surface area (Å²) in [5, 5.41) is 0. The first kappa shape index (κ1) is 10.7. The Morgan fingerprint density at radius 3 is 2.43 bits per heavy atom. The Morgan fingerprint density at radius 2 is 1.86 bits per heavy atom. The van der Waals surface area contributed by atoms with Gasteiger partial charge < -0.3 is 0 Å². The van der Waals surface area contributed by atoms with E-state index < -0.39 is 6.08 Å². The lowest BCUT2D eigenvalue weighted by Gasteiger charge is -1.98. The normalized spacial score (nSPS) is 9.36. The van der Waals surface area contributed by atoms with E-state index in [4.69, 9.17) is 0 Å². The van der Waals surface area contributed by atoms with E-state index in [9.17, 15) is 8.78 Å². The van der Waals surface area contributed by atoms with Crippen LogP contribution in [0, 0.1) is 0 Å². The van der Waals surface area contributed by atoms with Crippen LogP contribution < -0.4 is 0 Å². The van der Waals surface area contributed by atoms with Gasteiger partial charge >= 0.3 is 6.08 Å². The quantitative estimate of drug-likeness (QED) is 0.639. The Labute approximate surface area is 82.6 Å². The molecule has 1 rings (SSSR count). The van der Waals surface area contributed by atoms with Crippen molar-refractivity contribution in [2.24, 2.45) is 0 Å². The van der Waals surface area contributed by atoms with Crippen LogP contribution in [0.4, 0.5) is 8.78 Å². The van der Waals surface area contributed by atoms with Crippen LogP contribution in [0.2, 0.25) is 0 Å². The first-order valence-corrected chi connectivity index (χ1v) is 4.50. The first-order valence-electron chi connectivity index (χ1n) is 4.50. The highest BCUT2D eigenvalue weighted by molar-refractivity contribution is 5.16. The zero-order valence-corrected chi connectivity index (χ0v) is 8.06. The predicted octanol–water partition coefficient (Wildman–Crippen LogP) is 3.94. The molecule has 0 N–H and O–H groups in total. The van der Waals surface area contributed by atoms with Gasteiger partial charge in [-0.3, -0.25) is 0 Å². The summed E-state index contributed by atoms with van der Waals surface area (Å²) in [5.74, 6) is 0. The van der Waals surface area contributed by atoms with Crippen LogP contribution in [0.15, 0.2) is 47.7 Å². The number of hydrogen-bond donors (Lipinski definition) is 0. The fourth-order valence-electron chi connectivity index (χ4n) is 1.20. The third-order valence-corrected chi connectivity index (χ3v) is 1.94. The van der Waals surface area contributed by atoms with E-state index in [0.717, 1.165) is 12.0 Å². The lowest BCUT2D eigenvalue weighted by molar-refractivity contribution is 0.423. The summed E-state index contributed by atoms with van der Waals surface area (Å²) >= 11 is 0. The SMILES string of the molecule is CC(=C=C(F)F)CCc1ccccc1. The van der Waals surface area contributed by atoms with Crippen molar-refractivity contribution in [3.8, 4) is 0 Å². The maximum atomic E-state index is 11.8. The van der Waals surface area contributed by atoms with Gasteiger partial charge in [-0.15, -0.1) is 0 Å². The number of rotatable bonds is 3. The van der Waals surface area contributed by atoms with Crippen molar-refractivity contribution >= 4 is 0 Å². The van der Waals surface area contributed by atoms with E-state index >= 15 is 0 Å². The molecule has 0 nitrogen and oxygen atoms in total. The highest BCUT2D eigenvalue weighted by atomic mass is 19.3. The summed E-state index contributed by atoms with van der Waals surface area (Å²) < 4.78 is 23.6. The van der Waals surface area contributed by atoms with Gasteiger partial charge in [0.15, 0.2) is 0 Å². The third-order valence-electron chi connectivity index (χ3n) is 1.94. The minimum absolute atomic E-state index is 0.592. The fourth-order valence-corrected chi connectivity index (χ4v) is 1.20. The molecule has 2 heteroatoms. The van der Waals surface area contributed by atoms with Crippen LogP contribution in [0.1, 0.15) is 18.9 Å². The Morgan fingerprint density at radius 1 is 1.21 bits per heavy atom. The minimum Gasteiger partial charge on any atom is -0.164 e. The topological polar surface area (TPSA) is 0 Å². The minimum atomic E-state index is -1.74. The second-order valence-corrected chi connectivity index (χ2v) is 3.15. The Kier molecular flexibility index (Phi) is 4.09. The third kappa shape index (κ3) is 4.01. The van der Waals surface area contributed by atoms with Gasteiger partial charge in [-0.05, 0) is 30.9 Å². The largest absolute Gasteiger partial charge is 0.313 e. The molecule has 0 saturated carbocycles. The summed E-state index contributed by atoms with van der Waals surface area (Å²) in [4.78, 5) is 0. The van der Waals surface area contributed by atoms with Crippen molar-refractivity contribution in [3.05, 3.63) is 53.3 Å². The average Bonchev–Trinajstić information content (AvgIpc) is 2.15. The molecule has 0 aliphatic carbocycles. The van der Waals surface area contributed by atoms with Gasteiger partial charge in [-0.25, -0.2) is 0 Å². The Hall–Kier alpha value is -1.40. The summed E-state index contributed by atoms with van der Waals surface area (Å²) in [6.07, 6.45) is -0.329. The average molecular weight is 194 g/mol. The van der Waals surface area contributed by atoms with Crippen molar-refractivity contribution < 1.29 is 8.78 Å². The number of halogens is 2. The van der Waals surface area contributed by atoms with Gasteiger partial charge in [0.05, 0.1) is 0 Å². The van der Waals surface area contributed by atoms with E-state index in [1.807, 2.05) is 36.1 Å². The van der Waals surface area contributed by atoms with E-state index in [1.54, 1.807) is 6.92 Å². The van der Waals surface area contributed by atoms with Gasteiger partial charge in [0.1, 0.15) is 0 Å². The molecule has 1 aromatic rings. The molecule has 0 aromatic heterocycles. The van der Waals surface area contributed by atoms with Crippen LogP contribution in [0.5, 0.6) is 0 Å². The van der Waals surface area contributed by atoms with Crippen LogP contribution in [0.25, 0.3) is 0 Å². The molecule has 0 aliphatic rings.